The average molecular weight is 282 g/mol. The van der Waals surface area contributed by atoms with E-state index in [-0.39, 0.29) is 12.2 Å². The second kappa shape index (κ2) is 7.45. The van der Waals surface area contributed by atoms with Crippen LogP contribution in [-0.2, 0) is 4.74 Å². The smallest absolute Gasteiger partial charge is 0.372 e. The van der Waals surface area contributed by atoms with Crippen molar-refractivity contribution in [2.75, 3.05) is 26.2 Å². The summed E-state index contributed by atoms with van der Waals surface area (Å²) in [5.74, 6) is 0. The summed E-state index contributed by atoms with van der Waals surface area (Å²) in [4.78, 5) is 1.41. The van der Waals surface area contributed by atoms with E-state index in [9.17, 15) is 13.2 Å². The molecule has 0 aromatic rings. The van der Waals surface area contributed by atoms with Crippen LogP contribution in [0.5, 0.6) is 0 Å². The molecule has 19 heavy (non-hydrogen) atoms. The number of hydrogen-bond donors (Lipinski definition) is 1. The maximum absolute atomic E-state index is 12.4. The third kappa shape index (κ3) is 7.13. The molecule has 114 valence electrons. The van der Waals surface area contributed by atoms with E-state index < -0.39 is 12.7 Å². The lowest BCUT2D eigenvalue weighted by atomic mass is 10.2. The zero-order valence-corrected chi connectivity index (χ0v) is 12.0. The molecule has 0 radical (unpaired) electrons. The minimum atomic E-state index is -4.13. The van der Waals surface area contributed by atoms with E-state index in [1.165, 1.54) is 4.90 Å². The van der Waals surface area contributed by atoms with E-state index in [0.717, 1.165) is 19.4 Å². The third-order valence-corrected chi connectivity index (χ3v) is 3.26. The van der Waals surface area contributed by atoms with Crippen LogP contribution in [-0.4, -0.2) is 55.5 Å². The number of halogens is 3. The summed E-state index contributed by atoms with van der Waals surface area (Å²) >= 11 is 0. The van der Waals surface area contributed by atoms with E-state index in [4.69, 9.17) is 4.74 Å². The van der Waals surface area contributed by atoms with Crippen molar-refractivity contribution in [2.45, 2.75) is 58.0 Å². The molecule has 1 fully saturated rings. The summed E-state index contributed by atoms with van der Waals surface area (Å²) < 4.78 is 42.9. The van der Waals surface area contributed by atoms with E-state index in [1.54, 1.807) is 6.92 Å². The molecule has 3 nitrogen and oxygen atoms in total. The average Bonchev–Trinajstić information content (AvgIpc) is 2.71. The van der Waals surface area contributed by atoms with E-state index in [0.29, 0.717) is 19.1 Å². The summed E-state index contributed by atoms with van der Waals surface area (Å²) in [5, 5.41) is 3.29. The lowest BCUT2D eigenvalue weighted by Gasteiger charge is -2.25. The van der Waals surface area contributed by atoms with Crippen LogP contribution in [0, 0.1) is 0 Å². The zero-order chi connectivity index (χ0) is 14.5. The maximum atomic E-state index is 12.4. The van der Waals surface area contributed by atoms with Crippen molar-refractivity contribution in [3.05, 3.63) is 0 Å². The second-order valence-corrected chi connectivity index (χ2v) is 5.46. The monoisotopic (exact) mass is 282 g/mol. The van der Waals surface area contributed by atoms with Crippen molar-refractivity contribution < 1.29 is 17.9 Å². The summed E-state index contributed by atoms with van der Waals surface area (Å²) in [7, 11) is 0. The van der Waals surface area contributed by atoms with Gasteiger partial charge in [-0.3, -0.25) is 4.90 Å². The Hall–Kier alpha value is -0.330. The van der Waals surface area contributed by atoms with Crippen LogP contribution in [0.1, 0.15) is 33.6 Å². The molecule has 1 heterocycles. The van der Waals surface area contributed by atoms with E-state index in [2.05, 4.69) is 19.2 Å². The first kappa shape index (κ1) is 16.7. The SMILES string of the molecule is CCN(CC1CCC(CNC(C)C)O1)CC(F)(F)F. The van der Waals surface area contributed by atoms with Crippen LogP contribution < -0.4 is 5.32 Å². The number of hydrogen-bond acceptors (Lipinski definition) is 3. The summed E-state index contributed by atoms with van der Waals surface area (Å²) in [6, 6.07) is 0.403. The number of nitrogens with one attached hydrogen (secondary N) is 1. The van der Waals surface area contributed by atoms with Crippen LogP contribution in [0.3, 0.4) is 0 Å². The molecule has 0 amide bonds. The quantitative estimate of drug-likeness (QED) is 0.776. The zero-order valence-electron chi connectivity index (χ0n) is 12.0. The van der Waals surface area contributed by atoms with Gasteiger partial charge in [0.05, 0.1) is 18.8 Å². The summed E-state index contributed by atoms with van der Waals surface area (Å²) in [6.45, 7) is 6.57. The molecule has 0 aromatic heterocycles. The molecule has 0 aromatic carbocycles. The Morgan fingerprint density at radius 3 is 2.42 bits per heavy atom. The van der Waals surface area contributed by atoms with Gasteiger partial charge in [0.25, 0.3) is 0 Å². The van der Waals surface area contributed by atoms with Crippen molar-refractivity contribution in [2.24, 2.45) is 0 Å². The van der Waals surface area contributed by atoms with Gasteiger partial charge in [-0.25, -0.2) is 0 Å². The molecule has 1 saturated heterocycles. The molecule has 2 unspecified atom stereocenters. The van der Waals surface area contributed by atoms with Gasteiger partial charge in [0.2, 0.25) is 0 Å². The molecular weight excluding hydrogens is 257 g/mol. The van der Waals surface area contributed by atoms with E-state index >= 15 is 0 Å². The molecule has 0 saturated carbocycles. The van der Waals surface area contributed by atoms with Gasteiger partial charge in [0, 0.05) is 19.1 Å². The predicted octanol–water partition coefficient (Wildman–Crippen LogP) is 2.42. The minimum Gasteiger partial charge on any atom is -0.372 e. The molecule has 1 rings (SSSR count). The Kier molecular flexibility index (Phi) is 6.56. The standard InChI is InChI=1S/C13H25F3N2O/c1-4-18(9-13(14,15)16)8-12-6-5-11(19-12)7-17-10(2)3/h10-12,17H,4-9H2,1-3H3. The lowest BCUT2D eigenvalue weighted by Crippen LogP contribution is -2.39. The first-order valence-electron chi connectivity index (χ1n) is 6.98. The highest BCUT2D eigenvalue weighted by atomic mass is 19.4. The maximum Gasteiger partial charge on any atom is 0.401 e. The molecule has 1 aliphatic rings. The molecule has 0 bridgehead atoms. The Bertz CT molecular complexity index is 259. The lowest BCUT2D eigenvalue weighted by molar-refractivity contribution is -0.148. The van der Waals surface area contributed by atoms with Crippen molar-refractivity contribution in [3.8, 4) is 0 Å². The van der Waals surface area contributed by atoms with Crippen molar-refractivity contribution >= 4 is 0 Å². The van der Waals surface area contributed by atoms with Gasteiger partial charge >= 0.3 is 6.18 Å². The highest BCUT2D eigenvalue weighted by Gasteiger charge is 2.33. The fourth-order valence-corrected chi connectivity index (χ4v) is 2.28. The van der Waals surface area contributed by atoms with Crippen molar-refractivity contribution in [1.29, 1.82) is 0 Å². The van der Waals surface area contributed by atoms with Crippen LogP contribution in [0.15, 0.2) is 0 Å². The molecule has 0 aliphatic carbocycles. The number of nitrogens with zero attached hydrogens (tertiary/aromatic N) is 1. The van der Waals surface area contributed by atoms with Gasteiger partial charge in [-0.05, 0) is 19.4 Å². The number of rotatable bonds is 7. The van der Waals surface area contributed by atoms with Crippen LogP contribution in [0.2, 0.25) is 0 Å². The Morgan fingerprint density at radius 2 is 1.89 bits per heavy atom. The van der Waals surface area contributed by atoms with Gasteiger partial charge in [0.15, 0.2) is 0 Å². The molecule has 6 heteroatoms. The van der Waals surface area contributed by atoms with Crippen LogP contribution in [0.4, 0.5) is 13.2 Å². The second-order valence-electron chi connectivity index (χ2n) is 5.46. The third-order valence-electron chi connectivity index (χ3n) is 3.26. The fourth-order valence-electron chi connectivity index (χ4n) is 2.28. The summed E-state index contributed by atoms with van der Waals surface area (Å²) in [6.07, 6.45) is -2.29. The van der Waals surface area contributed by atoms with Gasteiger partial charge in [0.1, 0.15) is 0 Å². The van der Waals surface area contributed by atoms with Crippen LogP contribution in [0.25, 0.3) is 0 Å². The first-order chi connectivity index (χ1) is 8.80. The van der Waals surface area contributed by atoms with Gasteiger partial charge in [-0.15, -0.1) is 0 Å². The largest absolute Gasteiger partial charge is 0.401 e. The molecular formula is C13H25F3N2O. The fraction of sp³-hybridized carbons (Fsp3) is 1.00. The van der Waals surface area contributed by atoms with Gasteiger partial charge in [-0.1, -0.05) is 20.8 Å². The van der Waals surface area contributed by atoms with Crippen molar-refractivity contribution in [3.63, 3.8) is 0 Å². The molecule has 0 spiro atoms. The van der Waals surface area contributed by atoms with Crippen molar-refractivity contribution in [1.82, 2.24) is 10.2 Å². The van der Waals surface area contributed by atoms with Crippen LogP contribution >= 0.6 is 0 Å². The number of alkyl halides is 3. The normalized spacial score (nSPS) is 24.6. The Labute approximate surface area is 113 Å². The Balaban J connectivity index is 2.29. The topological polar surface area (TPSA) is 24.5 Å². The Morgan fingerprint density at radius 1 is 1.26 bits per heavy atom. The van der Waals surface area contributed by atoms with E-state index in [1.807, 2.05) is 0 Å². The van der Waals surface area contributed by atoms with Gasteiger partial charge < -0.3 is 10.1 Å². The number of likely N-dealkylation sites (N-methyl/N-ethyl adjacent to an activating group) is 1. The number of ether oxygens (including phenoxy) is 1. The van der Waals surface area contributed by atoms with Gasteiger partial charge in [-0.2, -0.15) is 13.2 Å². The summed E-state index contributed by atoms with van der Waals surface area (Å²) in [5.41, 5.74) is 0. The molecule has 1 aliphatic heterocycles. The minimum absolute atomic E-state index is 0.0683. The predicted molar refractivity (Wildman–Crippen MR) is 69.2 cm³/mol. The highest BCUT2D eigenvalue weighted by Crippen LogP contribution is 2.22. The molecule has 2 atom stereocenters. The molecule has 1 N–H and O–H groups in total. The highest BCUT2D eigenvalue weighted by molar-refractivity contribution is 4.79. The first-order valence-corrected chi connectivity index (χ1v) is 6.98.